The lowest BCUT2D eigenvalue weighted by atomic mass is 10.6. The minimum atomic E-state index is -2.75. The van der Waals surface area contributed by atoms with Crippen molar-refractivity contribution in [2.24, 2.45) is 0 Å². The number of halogens is 5. The van der Waals surface area contributed by atoms with Gasteiger partial charge in [-0.2, -0.15) is 0 Å². The highest BCUT2D eigenvalue weighted by Gasteiger charge is 2.29. The monoisotopic (exact) mass is 256 g/mol. The molecule has 0 aromatic rings. The molecule has 0 N–H and O–H groups in total. The van der Waals surface area contributed by atoms with E-state index in [0.29, 0.717) is 11.1 Å². The van der Waals surface area contributed by atoms with Crippen LogP contribution >= 0.6 is 56.4 Å². The van der Waals surface area contributed by atoms with Gasteiger partial charge in [0, 0.05) is 11.8 Å². The first kappa shape index (κ1) is 11.4. The van der Waals surface area contributed by atoms with Crippen LogP contribution in [0.2, 0.25) is 0 Å². The van der Waals surface area contributed by atoms with Gasteiger partial charge in [0.15, 0.2) is 0 Å². The van der Waals surface area contributed by atoms with Crippen molar-refractivity contribution in [3.8, 4) is 0 Å². The molecule has 0 unspecified atom stereocenters. The molecule has 0 bridgehead atoms. The molecular formula is C4H5Cl5Si. The number of alkyl halides is 2. The van der Waals surface area contributed by atoms with Crippen molar-refractivity contribution >= 4 is 62.4 Å². The van der Waals surface area contributed by atoms with Crippen LogP contribution in [-0.4, -0.2) is 17.8 Å². The van der Waals surface area contributed by atoms with Crippen LogP contribution in [0.25, 0.3) is 0 Å². The Kier molecular flexibility index (Phi) is 5.84. The van der Waals surface area contributed by atoms with E-state index >= 15 is 0 Å². The normalized spacial score (nSPS) is 13.9. The van der Waals surface area contributed by atoms with E-state index in [9.17, 15) is 0 Å². The first-order valence-electron chi connectivity index (χ1n) is 2.40. The van der Waals surface area contributed by atoms with E-state index in [1.165, 1.54) is 0 Å². The second-order valence-corrected chi connectivity index (χ2v) is 10.6. The Morgan fingerprint density at radius 3 is 1.80 bits per heavy atom. The molecule has 0 aliphatic rings. The third-order valence-electron chi connectivity index (χ3n) is 0.832. The molecule has 6 heteroatoms. The minimum Gasteiger partial charge on any atom is -0.122 e. The van der Waals surface area contributed by atoms with Crippen molar-refractivity contribution in [2.45, 2.75) is 0 Å². The van der Waals surface area contributed by atoms with Gasteiger partial charge in [-0.3, -0.25) is 0 Å². The Balaban J connectivity index is 4.21. The molecular weight excluding hydrogens is 253 g/mol. The molecule has 0 nitrogen and oxygen atoms in total. The second kappa shape index (κ2) is 5.12. The SMILES string of the molecule is ClCC=C(CCl)[Si](Cl)(Cl)Cl. The largest absolute Gasteiger partial charge is 0.369 e. The fourth-order valence-corrected chi connectivity index (χ4v) is 3.76. The topological polar surface area (TPSA) is 0 Å². The molecule has 0 amide bonds. The highest BCUT2D eigenvalue weighted by atomic mass is 35.8. The van der Waals surface area contributed by atoms with Gasteiger partial charge >= 0.3 is 6.00 Å². The fraction of sp³-hybridized carbons (Fsp3) is 0.500. The summed E-state index contributed by atoms with van der Waals surface area (Å²) in [6, 6.07) is -2.75. The molecule has 0 heterocycles. The smallest absolute Gasteiger partial charge is 0.122 e. The van der Waals surface area contributed by atoms with Crippen LogP contribution < -0.4 is 0 Å². The first-order valence-corrected chi connectivity index (χ1v) is 8.51. The first-order chi connectivity index (χ1) is 4.52. The lowest BCUT2D eigenvalue weighted by molar-refractivity contribution is 1.58. The summed E-state index contributed by atoms with van der Waals surface area (Å²) in [7, 11) is 0. The highest BCUT2D eigenvalue weighted by Crippen LogP contribution is 2.29. The van der Waals surface area contributed by atoms with Crippen LogP contribution in [0.1, 0.15) is 0 Å². The highest BCUT2D eigenvalue weighted by molar-refractivity contribution is 7.67. The van der Waals surface area contributed by atoms with Crippen molar-refractivity contribution in [1.82, 2.24) is 0 Å². The molecule has 0 aromatic carbocycles. The second-order valence-electron chi connectivity index (χ2n) is 1.52. The van der Waals surface area contributed by atoms with Crippen LogP contribution in [0.5, 0.6) is 0 Å². The maximum Gasteiger partial charge on any atom is 0.369 e. The molecule has 0 radical (unpaired) electrons. The number of rotatable bonds is 3. The molecule has 0 fully saturated rings. The number of hydrogen-bond acceptors (Lipinski definition) is 0. The van der Waals surface area contributed by atoms with Crippen molar-refractivity contribution in [1.29, 1.82) is 0 Å². The van der Waals surface area contributed by atoms with Gasteiger partial charge in [0.05, 0.1) is 0 Å². The van der Waals surface area contributed by atoms with Crippen molar-refractivity contribution in [2.75, 3.05) is 11.8 Å². The predicted molar refractivity (Wildman–Crippen MR) is 52.8 cm³/mol. The Bertz CT molecular complexity index is 126. The summed E-state index contributed by atoms with van der Waals surface area (Å²) in [4.78, 5) is 0. The average Bonchev–Trinajstić information content (AvgIpc) is 1.80. The quantitative estimate of drug-likeness (QED) is 0.412. The van der Waals surface area contributed by atoms with E-state index in [2.05, 4.69) is 0 Å². The van der Waals surface area contributed by atoms with Gasteiger partial charge in [-0.25, -0.2) is 0 Å². The van der Waals surface area contributed by atoms with Crippen LogP contribution in [0.15, 0.2) is 11.3 Å². The Morgan fingerprint density at radius 1 is 1.20 bits per heavy atom. The molecule has 0 rings (SSSR count). The van der Waals surface area contributed by atoms with Crippen molar-refractivity contribution < 1.29 is 0 Å². The summed E-state index contributed by atoms with van der Waals surface area (Å²) >= 11 is 27.8. The zero-order valence-corrected chi connectivity index (χ0v) is 9.66. The zero-order chi connectivity index (χ0) is 8.20. The number of hydrogen-bond donors (Lipinski definition) is 0. The van der Waals surface area contributed by atoms with E-state index in [0.717, 1.165) is 0 Å². The lowest BCUT2D eigenvalue weighted by Crippen LogP contribution is -2.15. The maximum atomic E-state index is 5.64. The van der Waals surface area contributed by atoms with E-state index in [1.807, 2.05) is 0 Å². The van der Waals surface area contributed by atoms with Crippen molar-refractivity contribution in [3.63, 3.8) is 0 Å². The third-order valence-corrected chi connectivity index (χ3v) is 4.79. The molecule has 60 valence electrons. The number of allylic oxidation sites excluding steroid dienone is 2. The summed E-state index contributed by atoms with van der Waals surface area (Å²) in [6.07, 6.45) is 1.65. The van der Waals surface area contributed by atoms with Gasteiger partial charge < -0.3 is 0 Å². The Labute approximate surface area is 85.2 Å². The van der Waals surface area contributed by atoms with Gasteiger partial charge in [0.25, 0.3) is 0 Å². The molecule has 0 saturated carbocycles. The minimum absolute atomic E-state index is 0.245. The summed E-state index contributed by atoms with van der Waals surface area (Å²) in [5, 5.41) is 0.647. The standard InChI is InChI=1S/C4H5Cl5Si/c5-2-1-4(3-6)10(7,8)9/h1H,2-3H2. The van der Waals surface area contributed by atoms with Gasteiger partial charge in [-0.1, -0.05) is 6.08 Å². The molecule has 0 aromatic heterocycles. The van der Waals surface area contributed by atoms with Crippen LogP contribution in [0.3, 0.4) is 0 Å². The summed E-state index contributed by atoms with van der Waals surface area (Å²) in [6.45, 7) is 0. The third kappa shape index (κ3) is 4.32. The van der Waals surface area contributed by atoms with Crippen LogP contribution in [0, 0.1) is 0 Å². The van der Waals surface area contributed by atoms with E-state index in [4.69, 9.17) is 56.4 Å². The van der Waals surface area contributed by atoms with E-state index in [-0.39, 0.29) is 5.88 Å². The van der Waals surface area contributed by atoms with Gasteiger partial charge in [0.1, 0.15) is 0 Å². The lowest BCUT2D eigenvalue weighted by Gasteiger charge is -2.08. The van der Waals surface area contributed by atoms with Crippen LogP contribution in [0.4, 0.5) is 0 Å². The van der Waals surface area contributed by atoms with E-state index in [1.54, 1.807) is 6.08 Å². The fourth-order valence-electron chi connectivity index (χ4n) is 0.339. The molecule has 10 heavy (non-hydrogen) atoms. The average molecular weight is 258 g/mol. The molecule has 0 saturated heterocycles. The summed E-state index contributed by atoms with van der Waals surface area (Å²) in [5.74, 6) is 0.582. The Morgan fingerprint density at radius 2 is 1.70 bits per heavy atom. The van der Waals surface area contributed by atoms with E-state index < -0.39 is 6.00 Å². The molecule has 0 aliphatic carbocycles. The van der Waals surface area contributed by atoms with Gasteiger partial charge in [0.2, 0.25) is 0 Å². The Hall–Kier alpha value is 1.41. The molecule has 0 aliphatic heterocycles. The summed E-state index contributed by atoms with van der Waals surface area (Å²) < 4.78 is 0. The molecule has 0 atom stereocenters. The zero-order valence-electron chi connectivity index (χ0n) is 4.88. The van der Waals surface area contributed by atoms with Gasteiger partial charge in [-0.15, -0.1) is 56.4 Å². The van der Waals surface area contributed by atoms with Gasteiger partial charge in [-0.05, 0) is 5.20 Å². The summed E-state index contributed by atoms with van der Waals surface area (Å²) in [5.41, 5.74) is 0. The van der Waals surface area contributed by atoms with Crippen molar-refractivity contribution in [3.05, 3.63) is 11.3 Å². The van der Waals surface area contributed by atoms with Crippen LogP contribution in [-0.2, 0) is 0 Å². The predicted octanol–water partition coefficient (Wildman–Crippen LogP) is 3.58. The maximum absolute atomic E-state index is 5.64. The molecule has 0 spiro atoms.